The van der Waals surface area contributed by atoms with Crippen LogP contribution in [0, 0.1) is 28.7 Å². The van der Waals surface area contributed by atoms with Crippen LogP contribution in [-0.4, -0.2) is 26.2 Å². The third kappa shape index (κ3) is 5.28. The van der Waals surface area contributed by atoms with Gasteiger partial charge in [0.15, 0.2) is 17.4 Å². The van der Waals surface area contributed by atoms with Crippen LogP contribution in [0.4, 0.5) is 26.3 Å². The van der Waals surface area contributed by atoms with Gasteiger partial charge in [0.1, 0.15) is 11.6 Å². The highest BCUT2D eigenvalue weighted by atomic mass is 19.3. The van der Waals surface area contributed by atoms with Crippen molar-refractivity contribution in [2.75, 3.05) is 19.8 Å². The number of fused-ring (bicyclic) bond motifs is 3. The summed E-state index contributed by atoms with van der Waals surface area (Å²) in [5.74, 6) is -6.35. The average Bonchev–Trinajstić information content (AvgIpc) is 2.91. The minimum absolute atomic E-state index is 0.0828. The van der Waals surface area contributed by atoms with Gasteiger partial charge in [-0.1, -0.05) is 37.6 Å². The summed E-state index contributed by atoms with van der Waals surface area (Å²) in [7, 11) is 0. The molecule has 10 heteroatoms. The quantitative estimate of drug-likeness (QED) is 0.213. The SMILES string of the molecule is CCCC12COC(c3ccc(-c4ccc(-c5cc(F)c(OC=CC(F)F)c(F)c5)c(F)c4)c(F)c3)(OC1)OC2. The molecule has 0 aliphatic carbocycles. The van der Waals surface area contributed by atoms with Gasteiger partial charge in [0.25, 0.3) is 6.43 Å². The summed E-state index contributed by atoms with van der Waals surface area (Å²) in [6.07, 6.45) is -0.251. The number of alkyl halides is 2. The second-order valence-corrected chi connectivity index (χ2v) is 9.61. The molecule has 3 fully saturated rings. The van der Waals surface area contributed by atoms with Crippen molar-refractivity contribution in [2.24, 2.45) is 5.41 Å². The lowest BCUT2D eigenvalue weighted by Gasteiger charge is -2.51. The monoisotopic (exact) mass is 550 g/mol. The Morgan fingerprint density at radius 1 is 0.795 bits per heavy atom. The number of hydrogen-bond acceptors (Lipinski definition) is 4. The molecule has 3 aromatic rings. The zero-order chi connectivity index (χ0) is 27.8. The van der Waals surface area contributed by atoms with E-state index in [2.05, 4.69) is 11.7 Å². The van der Waals surface area contributed by atoms with E-state index in [1.807, 2.05) is 0 Å². The molecule has 0 atom stereocenters. The van der Waals surface area contributed by atoms with Gasteiger partial charge < -0.3 is 18.9 Å². The Kier molecular flexibility index (Phi) is 7.45. The molecule has 2 bridgehead atoms. The normalized spacial score (nSPS) is 22.7. The van der Waals surface area contributed by atoms with Crippen LogP contribution in [0.1, 0.15) is 25.3 Å². The lowest BCUT2D eigenvalue weighted by atomic mass is 9.83. The van der Waals surface area contributed by atoms with Crippen molar-refractivity contribution >= 4 is 0 Å². The summed E-state index contributed by atoms with van der Waals surface area (Å²) in [5.41, 5.74) is 0.0833. The minimum atomic E-state index is -2.86. The second-order valence-electron chi connectivity index (χ2n) is 9.61. The van der Waals surface area contributed by atoms with E-state index in [0.29, 0.717) is 37.7 Å². The van der Waals surface area contributed by atoms with Crippen LogP contribution in [0.25, 0.3) is 22.3 Å². The molecule has 0 aromatic heterocycles. The van der Waals surface area contributed by atoms with Crippen LogP contribution in [-0.2, 0) is 20.2 Å². The maximum absolute atomic E-state index is 15.2. The average molecular weight is 550 g/mol. The molecular formula is C29H24F6O4. The molecule has 206 valence electrons. The first-order valence-electron chi connectivity index (χ1n) is 12.3. The van der Waals surface area contributed by atoms with Crippen molar-refractivity contribution in [3.63, 3.8) is 0 Å². The fraction of sp³-hybridized carbons (Fsp3) is 0.310. The first kappa shape index (κ1) is 27.2. The van der Waals surface area contributed by atoms with Crippen LogP contribution in [0.5, 0.6) is 5.75 Å². The van der Waals surface area contributed by atoms with Gasteiger partial charge in [0.05, 0.1) is 26.1 Å². The molecule has 3 heterocycles. The van der Waals surface area contributed by atoms with Gasteiger partial charge in [0.2, 0.25) is 0 Å². The standard InChI is InChI=1S/C29H24F6O4/c1-2-8-28-14-37-29(38-15-28,39-16-28)19-4-6-20(23(31)13-19)17-3-5-21(22(30)10-17)18-11-24(32)27(25(33)12-18)36-9-7-26(34)35/h3-7,9-13,26H,2,8,14-16H2,1H3. The van der Waals surface area contributed by atoms with E-state index in [0.717, 1.165) is 31.0 Å². The van der Waals surface area contributed by atoms with E-state index < -0.39 is 41.4 Å². The van der Waals surface area contributed by atoms with Gasteiger partial charge in [-0.3, -0.25) is 0 Å². The van der Waals surface area contributed by atoms with Crippen molar-refractivity contribution in [1.82, 2.24) is 0 Å². The number of halogens is 6. The van der Waals surface area contributed by atoms with Gasteiger partial charge in [0, 0.05) is 28.2 Å². The maximum Gasteiger partial charge on any atom is 0.312 e. The molecule has 0 spiro atoms. The molecule has 3 aliphatic heterocycles. The predicted molar refractivity (Wildman–Crippen MR) is 130 cm³/mol. The molecular weight excluding hydrogens is 526 g/mol. The van der Waals surface area contributed by atoms with Crippen molar-refractivity contribution in [3.05, 3.63) is 89.7 Å². The molecule has 0 N–H and O–H groups in total. The molecule has 0 radical (unpaired) electrons. The Morgan fingerprint density at radius 3 is 1.92 bits per heavy atom. The van der Waals surface area contributed by atoms with Gasteiger partial charge in [-0.2, -0.15) is 0 Å². The third-order valence-corrected chi connectivity index (χ3v) is 6.81. The molecule has 0 saturated carbocycles. The van der Waals surface area contributed by atoms with Crippen molar-refractivity contribution in [3.8, 4) is 28.0 Å². The minimum Gasteiger partial charge on any atom is -0.459 e. The van der Waals surface area contributed by atoms with Gasteiger partial charge >= 0.3 is 5.97 Å². The Hall–Kier alpha value is -3.34. The maximum atomic E-state index is 15.2. The molecule has 3 saturated heterocycles. The summed E-state index contributed by atoms with van der Waals surface area (Å²) in [4.78, 5) is 0. The largest absolute Gasteiger partial charge is 0.459 e. The second kappa shape index (κ2) is 10.7. The summed E-state index contributed by atoms with van der Waals surface area (Å²) < 4.78 is 106. The van der Waals surface area contributed by atoms with Gasteiger partial charge in [-0.05, 0) is 41.8 Å². The van der Waals surface area contributed by atoms with E-state index in [4.69, 9.17) is 14.2 Å². The topological polar surface area (TPSA) is 36.9 Å². The number of allylic oxidation sites excluding steroid dienone is 1. The molecule has 3 aromatic carbocycles. The van der Waals surface area contributed by atoms with E-state index in [1.54, 1.807) is 6.07 Å². The highest BCUT2D eigenvalue weighted by Gasteiger charge is 2.53. The smallest absolute Gasteiger partial charge is 0.312 e. The highest BCUT2D eigenvalue weighted by Crippen LogP contribution is 2.46. The Labute approximate surface area is 220 Å². The number of benzene rings is 3. The molecule has 6 rings (SSSR count). The van der Waals surface area contributed by atoms with Crippen LogP contribution in [0.3, 0.4) is 0 Å². The summed E-state index contributed by atoms with van der Waals surface area (Å²) >= 11 is 0. The van der Waals surface area contributed by atoms with E-state index in [-0.39, 0.29) is 27.7 Å². The molecule has 0 amide bonds. The predicted octanol–water partition coefficient (Wildman–Crippen LogP) is 7.71. The Balaban J connectivity index is 1.37. The van der Waals surface area contributed by atoms with Crippen LogP contribution < -0.4 is 4.74 Å². The van der Waals surface area contributed by atoms with Crippen LogP contribution in [0.15, 0.2) is 60.9 Å². The number of hydrogen-bond donors (Lipinski definition) is 0. The fourth-order valence-electron chi connectivity index (χ4n) is 4.84. The molecule has 4 nitrogen and oxygen atoms in total. The van der Waals surface area contributed by atoms with Gasteiger partial charge in [-0.25, -0.2) is 26.3 Å². The third-order valence-electron chi connectivity index (χ3n) is 6.81. The van der Waals surface area contributed by atoms with E-state index in [9.17, 15) is 17.6 Å². The van der Waals surface area contributed by atoms with Crippen LogP contribution in [0.2, 0.25) is 0 Å². The lowest BCUT2D eigenvalue weighted by molar-refractivity contribution is -0.480. The van der Waals surface area contributed by atoms with Crippen molar-refractivity contribution in [2.45, 2.75) is 32.2 Å². The molecule has 0 unspecified atom stereocenters. The first-order chi connectivity index (χ1) is 18.7. The summed E-state index contributed by atoms with van der Waals surface area (Å²) in [6, 6.07) is 9.57. The first-order valence-corrected chi connectivity index (χ1v) is 12.3. The van der Waals surface area contributed by atoms with Crippen molar-refractivity contribution in [1.29, 1.82) is 0 Å². The van der Waals surface area contributed by atoms with Gasteiger partial charge in [-0.15, -0.1) is 0 Å². The zero-order valence-electron chi connectivity index (χ0n) is 20.8. The Bertz CT molecular complexity index is 1360. The zero-order valence-corrected chi connectivity index (χ0v) is 20.8. The van der Waals surface area contributed by atoms with E-state index in [1.165, 1.54) is 24.3 Å². The van der Waals surface area contributed by atoms with E-state index >= 15 is 8.78 Å². The molecule has 3 aliphatic rings. The number of rotatable bonds is 8. The highest BCUT2D eigenvalue weighted by molar-refractivity contribution is 5.72. The molecule has 39 heavy (non-hydrogen) atoms. The van der Waals surface area contributed by atoms with Crippen LogP contribution >= 0.6 is 0 Å². The summed E-state index contributed by atoms with van der Waals surface area (Å²) in [5, 5.41) is 0. The Morgan fingerprint density at radius 2 is 1.36 bits per heavy atom. The lowest BCUT2D eigenvalue weighted by Crippen LogP contribution is -2.58. The summed E-state index contributed by atoms with van der Waals surface area (Å²) in [6.45, 7) is 3.35. The number of ether oxygens (including phenoxy) is 4. The fourth-order valence-corrected chi connectivity index (χ4v) is 4.84. The van der Waals surface area contributed by atoms with Crippen molar-refractivity contribution < 1.29 is 45.3 Å².